The molecule has 0 fully saturated rings. The molecular formula is C26H28ClNO8S. The van der Waals surface area contributed by atoms with E-state index < -0.39 is 16.0 Å². The summed E-state index contributed by atoms with van der Waals surface area (Å²) >= 11 is 6.28. The van der Waals surface area contributed by atoms with Crippen LogP contribution < -0.4 is 18.9 Å². The molecule has 0 saturated heterocycles. The highest BCUT2D eigenvalue weighted by Gasteiger charge is 2.24. The zero-order valence-corrected chi connectivity index (χ0v) is 22.3. The fourth-order valence-electron chi connectivity index (χ4n) is 3.31. The minimum Gasteiger partial charge on any atom is -0.497 e. The highest BCUT2D eigenvalue weighted by Crippen LogP contribution is 2.43. The van der Waals surface area contributed by atoms with Gasteiger partial charge < -0.3 is 24.4 Å². The topological polar surface area (TPSA) is 131 Å². The lowest BCUT2D eigenvalue weighted by Crippen LogP contribution is -2.16. The van der Waals surface area contributed by atoms with E-state index in [1.807, 2.05) is 20.8 Å². The van der Waals surface area contributed by atoms with E-state index in [-0.39, 0.29) is 57.0 Å². The van der Waals surface area contributed by atoms with Crippen molar-refractivity contribution >= 4 is 33.3 Å². The molecule has 0 amide bonds. The summed E-state index contributed by atoms with van der Waals surface area (Å²) in [6.45, 7) is 5.44. The molecule has 0 radical (unpaired) electrons. The maximum Gasteiger partial charge on any atom is 0.335 e. The largest absolute Gasteiger partial charge is 0.497 e. The van der Waals surface area contributed by atoms with Gasteiger partial charge in [-0.3, -0.25) is 4.72 Å². The Bertz CT molecular complexity index is 1380. The molecule has 3 aromatic rings. The van der Waals surface area contributed by atoms with E-state index in [0.717, 1.165) is 17.7 Å². The van der Waals surface area contributed by atoms with Crippen LogP contribution in [-0.2, 0) is 15.4 Å². The number of hydrogen-bond donors (Lipinski definition) is 3. The molecule has 3 rings (SSSR count). The molecule has 9 nitrogen and oxygen atoms in total. The number of aromatic carboxylic acids is 1. The molecule has 0 unspecified atom stereocenters. The molecule has 0 aromatic heterocycles. The van der Waals surface area contributed by atoms with Crippen molar-refractivity contribution in [3.63, 3.8) is 0 Å². The Kier molecular flexibility index (Phi) is 8.57. The van der Waals surface area contributed by atoms with Crippen LogP contribution in [0.2, 0.25) is 5.02 Å². The number of halogens is 1. The van der Waals surface area contributed by atoms with Crippen LogP contribution in [-0.4, -0.2) is 44.9 Å². The number of carboxylic acid groups (broad SMARTS) is 1. The molecule has 0 heterocycles. The van der Waals surface area contributed by atoms with Crippen LogP contribution in [0.25, 0.3) is 0 Å². The Morgan fingerprint density at radius 1 is 1.03 bits per heavy atom. The smallest absolute Gasteiger partial charge is 0.335 e. The van der Waals surface area contributed by atoms with Gasteiger partial charge in [-0.05, 0) is 47.4 Å². The number of methoxy groups -OCH3 is 1. The van der Waals surface area contributed by atoms with Gasteiger partial charge in [-0.1, -0.05) is 44.5 Å². The van der Waals surface area contributed by atoms with Crippen LogP contribution in [0.4, 0.5) is 5.69 Å². The molecule has 0 spiro atoms. The van der Waals surface area contributed by atoms with Gasteiger partial charge >= 0.3 is 5.97 Å². The summed E-state index contributed by atoms with van der Waals surface area (Å²) in [7, 11) is -2.73. The van der Waals surface area contributed by atoms with E-state index in [1.165, 1.54) is 31.4 Å². The summed E-state index contributed by atoms with van der Waals surface area (Å²) in [6.07, 6.45) is 0. The van der Waals surface area contributed by atoms with Gasteiger partial charge in [0.1, 0.15) is 18.1 Å². The third-order valence-corrected chi connectivity index (χ3v) is 6.97. The molecule has 3 N–H and O–H groups in total. The molecule has 0 saturated carbocycles. The average Bonchev–Trinajstić information content (AvgIpc) is 2.84. The highest BCUT2D eigenvalue weighted by atomic mass is 35.5. The van der Waals surface area contributed by atoms with Gasteiger partial charge in [0, 0.05) is 6.07 Å². The number of aliphatic hydroxyl groups excluding tert-OH is 1. The van der Waals surface area contributed by atoms with Gasteiger partial charge in [0.05, 0.1) is 34.9 Å². The fourth-order valence-corrected chi connectivity index (χ4v) is 4.52. The Balaban J connectivity index is 2.14. The number of nitrogens with one attached hydrogen (secondary N) is 1. The molecule has 11 heteroatoms. The Labute approximate surface area is 220 Å². The predicted molar refractivity (Wildman–Crippen MR) is 140 cm³/mol. The summed E-state index contributed by atoms with van der Waals surface area (Å²) in [6, 6.07) is 13.2. The van der Waals surface area contributed by atoms with Gasteiger partial charge in [-0.2, -0.15) is 0 Å². The zero-order chi connectivity index (χ0) is 27.4. The van der Waals surface area contributed by atoms with Gasteiger partial charge in [-0.15, -0.1) is 0 Å². The lowest BCUT2D eigenvalue weighted by atomic mass is 9.87. The molecule has 0 aliphatic carbocycles. The van der Waals surface area contributed by atoms with Crippen LogP contribution in [0.5, 0.6) is 23.0 Å². The summed E-state index contributed by atoms with van der Waals surface area (Å²) in [5.41, 5.74) is 0.293. The number of anilines is 1. The van der Waals surface area contributed by atoms with Gasteiger partial charge in [-0.25, -0.2) is 13.2 Å². The number of hydrogen-bond acceptors (Lipinski definition) is 7. The molecule has 0 atom stereocenters. The number of benzene rings is 3. The second kappa shape index (κ2) is 11.3. The number of carboxylic acids is 1. The van der Waals surface area contributed by atoms with Crippen LogP contribution in [0.1, 0.15) is 36.7 Å². The first kappa shape index (κ1) is 28.1. The Morgan fingerprint density at radius 2 is 1.70 bits per heavy atom. The van der Waals surface area contributed by atoms with Crippen molar-refractivity contribution in [1.29, 1.82) is 0 Å². The molecule has 0 aliphatic heterocycles. The SMILES string of the molecule is COc1ccc(Cl)c(Oc2c(NS(=O)(=O)c3ccc(C(C)(C)C)cc3)cc(C(=O)O)cc2OCCO)c1. The molecule has 3 aromatic carbocycles. The van der Waals surface area contributed by atoms with Crippen LogP contribution in [0, 0.1) is 0 Å². The van der Waals surface area contributed by atoms with E-state index in [2.05, 4.69) is 4.72 Å². The summed E-state index contributed by atoms with van der Waals surface area (Å²) in [4.78, 5) is 11.8. The normalized spacial score (nSPS) is 11.6. The van der Waals surface area contributed by atoms with Crippen LogP contribution in [0.15, 0.2) is 59.5 Å². The van der Waals surface area contributed by atoms with E-state index in [4.69, 9.17) is 25.8 Å². The standard InChI is InChI=1S/C26H28ClNO8S/c1-26(2,3)17-5-8-19(9-6-17)37(32,33)28-21-13-16(25(30)31)14-23(35-12-11-29)24(21)36-22-15-18(34-4)7-10-20(22)27/h5-10,13-15,28-29H,11-12H2,1-4H3,(H,30,31). The Morgan fingerprint density at radius 3 is 2.27 bits per heavy atom. The Hall–Kier alpha value is -3.47. The minimum atomic E-state index is -4.18. The van der Waals surface area contributed by atoms with Crippen molar-refractivity contribution in [2.45, 2.75) is 31.1 Å². The highest BCUT2D eigenvalue weighted by molar-refractivity contribution is 7.92. The third-order valence-electron chi connectivity index (χ3n) is 5.28. The van der Waals surface area contributed by atoms with E-state index in [1.54, 1.807) is 18.2 Å². The monoisotopic (exact) mass is 549 g/mol. The van der Waals surface area contributed by atoms with E-state index in [0.29, 0.717) is 5.75 Å². The summed E-state index contributed by atoms with van der Waals surface area (Å²) in [5.74, 6) is -1.07. The maximum atomic E-state index is 13.3. The first-order valence-electron chi connectivity index (χ1n) is 11.2. The molecule has 37 heavy (non-hydrogen) atoms. The van der Waals surface area contributed by atoms with Crippen LogP contribution in [0.3, 0.4) is 0 Å². The maximum absolute atomic E-state index is 13.3. The van der Waals surface area contributed by atoms with Gasteiger partial charge in [0.15, 0.2) is 11.5 Å². The lowest BCUT2D eigenvalue weighted by molar-refractivity contribution is 0.0696. The van der Waals surface area contributed by atoms with Crippen molar-refractivity contribution in [3.8, 4) is 23.0 Å². The van der Waals surface area contributed by atoms with Crippen molar-refractivity contribution in [2.75, 3.05) is 25.0 Å². The van der Waals surface area contributed by atoms with Crippen molar-refractivity contribution in [3.05, 3.63) is 70.7 Å². The second-order valence-corrected chi connectivity index (χ2v) is 11.1. The molecular weight excluding hydrogens is 522 g/mol. The first-order chi connectivity index (χ1) is 17.4. The number of carbonyl (C=O) groups is 1. The van der Waals surface area contributed by atoms with Crippen molar-refractivity contribution in [2.24, 2.45) is 0 Å². The number of rotatable bonds is 10. The lowest BCUT2D eigenvalue weighted by Gasteiger charge is -2.20. The zero-order valence-electron chi connectivity index (χ0n) is 20.7. The summed E-state index contributed by atoms with van der Waals surface area (Å²) < 4.78 is 45.7. The minimum absolute atomic E-state index is 0.0376. The van der Waals surface area contributed by atoms with Crippen molar-refractivity contribution < 1.29 is 37.6 Å². The van der Waals surface area contributed by atoms with Gasteiger partial charge in [0.2, 0.25) is 0 Å². The second-order valence-electron chi connectivity index (χ2n) is 9.01. The summed E-state index contributed by atoms with van der Waals surface area (Å²) in [5, 5.41) is 19.0. The van der Waals surface area contributed by atoms with E-state index >= 15 is 0 Å². The fraction of sp³-hybridized carbons (Fsp3) is 0.269. The van der Waals surface area contributed by atoms with Crippen LogP contribution >= 0.6 is 11.6 Å². The first-order valence-corrected chi connectivity index (χ1v) is 13.0. The average molecular weight is 550 g/mol. The molecule has 198 valence electrons. The predicted octanol–water partition coefficient (Wildman–Crippen LogP) is 5.31. The number of sulfonamides is 1. The molecule has 0 bridgehead atoms. The quantitative estimate of drug-likeness (QED) is 0.310. The number of aliphatic hydroxyl groups is 1. The van der Waals surface area contributed by atoms with Crippen molar-refractivity contribution in [1.82, 2.24) is 0 Å². The third kappa shape index (κ3) is 6.85. The van der Waals surface area contributed by atoms with Gasteiger partial charge in [0.25, 0.3) is 10.0 Å². The number of ether oxygens (including phenoxy) is 3. The molecule has 0 aliphatic rings. The van der Waals surface area contributed by atoms with E-state index in [9.17, 15) is 23.4 Å².